The molecule has 1 aromatic carbocycles. The number of methoxy groups -OCH3 is 1. The van der Waals surface area contributed by atoms with Crippen molar-refractivity contribution in [2.45, 2.75) is 44.2 Å². The van der Waals surface area contributed by atoms with Gasteiger partial charge in [-0.15, -0.1) is 0 Å². The van der Waals surface area contributed by atoms with E-state index >= 15 is 0 Å². The fourth-order valence-corrected chi connectivity index (χ4v) is 3.04. The molecule has 0 heterocycles. The quantitative estimate of drug-likeness (QED) is 0.829. The van der Waals surface area contributed by atoms with Gasteiger partial charge < -0.3 is 14.8 Å². The first-order chi connectivity index (χ1) is 10.2. The number of amides is 1. The van der Waals surface area contributed by atoms with Crippen molar-refractivity contribution in [3.63, 3.8) is 0 Å². The van der Waals surface area contributed by atoms with Gasteiger partial charge in [-0.1, -0.05) is 34.1 Å². The number of esters is 1. The highest BCUT2D eigenvalue weighted by Crippen LogP contribution is 2.54. The lowest BCUT2D eigenvalue weighted by atomic mass is 10.1. The van der Waals surface area contributed by atoms with Gasteiger partial charge in [0.2, 0.25) is 0 Å². The van der Waals surface area contributed by atoms with E-state index in [4.69, 9.17) is 9.47 Å². The zero-order valence-corrected chi connectivity index (χ0v) is 14.7. The molecular weight excluding hydrogens is 350 g/mol. The zero-order valence-electron chi connectivity index (χ0n) is 13.1. The highest BCUT2D eigenvalue weighted by atomic mass is 79.9. The van der Waals surface area contributed by atoms with Crippen LogP contribution in [0.4, 0.5) is 4.79 Å². The normalized spacial score (nSPS) is 23.6. The molecular formula is C16H20BrNO4. The van der Waals surface area contributed by atoms with E-state index in [1.807, 2.05) is 24.3 Å². The van der Waals surface area contributed by atoms with Crippen LogP contribution < -0.4 is 5.32 Å². The number of hydrogen-bond acceptors (Lipinski definition) is 4. The zero-order chi connectivity index (χ0) is 16.5. The Morgan fingerprint density at radius 2 is 1.95 bits per heavy atom. The van der Waals surface area contributed by atoms with Crippen molar-refractivity contribution < 1.29 is 19.1 Å². The van der Waals surface area contributed by atoms with Gasteiger partial charge in [0.05, 0.1) is 7.11 Å². The summed E-state index contributed by atoms with van der Waals surface area (Å²) in [7, 11) is 1.32. The molecule has 1 N–H and O–H groups in total. The number of halogens is 1. The highest BCUT2D eigenvalue weighted by Gasteiger charge is 2.63. The second kappa shape index (κ2) is 5.91. The van der Waals surface area contributed by atoms with Gasteiger partial charge in [0.1, 0.15) is 11.1 Å². The van der Waals surface area contributed by atoms with E-state index in [1.54, 1.807) is 20.8 Å². The van der Waals surface area contributed by atoms with E-state index in [9.17, 15) is 9.59 Å². The van der Waals surface area contributed by atoms with E-state index in [0.717, 1.165) is 10.0 Å². The van der Waals surface area contributed by atoms with E-state index in [0.29, 0.717) is 6.42 Å². The van der Waals surface area contributed by atoms with Crippen molar-refractivity contribution in [1.29, 1.82) is 0 Å². The summed E-state index contributed by atoms with van der Waals surface area (Å²) >= 11 is 3.48. The Morgan fingerprint density at radius 3 is 2.50 bits per heavy atom. The summed E-state index contributed by atoms with van der Waals surface area (Å²) in [5.74, 6) is -0.595. The van der Waals surface area contributed by atoms with Crippen LogP contribution in [0, 0.1) is 0 Å². The molecule has 1 fully saturated rings. The molecule has 0 radical (unpaired) electrons. The number of carbonyl (C=O) groups excluding carboxylic acids is 2. The van der Waals surface area contributed by atoms with Crippen LogP contribution in [0.3, 0.4) is 0 Å². The minimum Gasteiger partial charge on any atom is -0.467 e. The molecule has 1 saturated carbocycles. The average molecular weight is 370 g/mol. The Hall–Kier alpha value is -1.56. The smallest absolute Gasteiger partial charge is 0.408 e. The number of nitrogens with one attached hydrogen (secondary N) is 1. The van der Waals surface area contributed by atoms with Gasteiger partial charge in [0.15, 0.2) is 0 Å². The average Bonchev–Trinajstić information content (AvgIpc) is 3.11. The molecule has 0 spiro atoms. The third kappa shape index (κ3) is 3.43. The van der Waals surface area contributed by atoms with Gasteiger partial charge in [-0.25, -0.2) is 9.59 Å². The topological polar surface area (TPSA) is 64.6 Å². The Balaban J connectivity index is 2.21. The van der Waals surface area contributed by atoms with Gasteiger partial charge in [-0.05, 0) is 38.8 Å². The van der Waals surface area contributed by atoms with E-state index < -0.39 is 23.2 Å². The Morgan fingerprint density at radius 1 is 1.32 bits per heavy atom. The lowest BCUT2D eigenvalue weighted by Gasteiger charge is -2.23. The molecule has 22 heavy (non-hydrogen) atoms. The number of hydrogen-bond donors (Lipinski definition) is 1. The minimum atomic E-state index is -1.05. The summed E-state index contributed by atoms with van der Waals surface area (Å²) in [4.78, 5) is 24.2. The Labute approximate surface area is 138 Å². The van der Waals surface area contributed by atoms with Crippen molar-refractivity contribution in [3.05, 3.63) is 34.3 Å². The third-order valence-corrected chi connectivity index (χ3v) is 4.24. The SMILES string of the molecule is COC(=O)[C@@]1(NC(=O)OC(C)(C)C)C[C@H]1c1ccccc1Br. The van der Waals surface area contributed by atoms with Gasteiger partial charge in [-0.3, -0.25) is 0 Å². The number of carbonyl (C=O) groups is 2. The van der Waals surface area contributed by atoms with Gasteiger partial charge in [0, 0.05) is 10.4 Å². The van der Waals surface area contributed by atoms with E-state index in [2.05, 4.69) is 21.2 Å². The predicted molar refractivity (Wildman–Crippen MR) is 85.6 cm³/mol. The fourth-order valence-electron chi connectivity index (χ4n) is 2.48. The van der Waals surface area contributed by atoms with Crippen molar-refractivity contribution in [3.8, 4) is 0 Å². The molecule has 2 rings (SSSR count). The number of ether oxygens (including phenoxy) is 2. The van der Waals surface area contributed by atoms with Crippen LogP contribution in [0.25, 0.3) is 0 Å². The van der Waals surface area contributed by atoms with Crippen LogP contribution >= 0.6 is 15.9 Å². The maximum atomic E-state index is 12.2. The maximum absolute atomic E-state index is 12.2. The fraction of sp³-hybridized carbons (Fsp3) is 0.500. The molecule has 1 aliphatic rings. The van der Waals surface area contributed by atoms with Crippen molar-refractivity contribution >= 4 is 28.0 Å². The lowest BCUT2D eigenvalue weighted by Crippen LogP contribution is -2.47. The molecule has 1 aromatic rings. The first-order valence-corrected chi connectivity index (χ1v) is 7.83. The van der Waals surface area contributed by atoms with E-state index in [1.165, 1.54) is 7.11 Å². The second-order valence-corrected chi connectivity index (χ2v) is 7.22. The molecule has 0 saturated heterocycles. The summed E-state index contributed by atoms with van der Waals surface area (Å²) < 4.78 is 11.0. The van der Waals surface area contributed by atoms with Crippen molar-refractivity contribution in [1.82, 2.24) is 5.32 Å². The summed E-state index contributed by atoms with van der Waals surface area (Å²) in [5.41, 5.74) is -0.718. The van der Waals surface area contributed by atoms with Crippen LogP contribution in [-0.4, -0.2) is 30.3 Å². The molecule has 120 valence electrons. The first-order valence-electron chi connectivity index (χ1n) is 7.03. The van der Waals surface area contributed by atoms with Gasteiger partial charge in [0.25, 0.3) is 0 Å². The molecule has 0 aromatic heterocycles. The van der Waals surface area contributed by atoms with Crippen LogP contribution in [0.15, 0.2) is 28.7 Å². The van der Waals surface area contributed by atoms with Crippen LogP contribution in [0.1, 0.15) is 38.7 Å². The summed E-state index contributed by atoms with van der Waals surface area (Å²) in [5, 5.41) is 2.69. The predicted octanol–water partition coefficient (Wildman–Crippen LogP) is 3.37. The lowest BCUT2D eigenvalue weighted by molar-refractivity contribution is -0.144. The van der Waals surface area contributed by atoms with Crippen LogP contribution in [-0.2, 0) is 14.3 Å². The first kappa shape index (κ1) is 16.8. The number of alkyl carbamates (subject to hydrolysis) is 1. The minimum absolute atomic E-state index is 0.136. The highest BCUT2D eigenvalue weighted by molar-refractivity contribution is 9.10. The third-order valence-electron chi connectivity index (χ3n) is 3.52. The molecule has 1 amide bonds. The monoisotopic (exact) mass is 369 g/mol. The van der Waals surface area contributed by atoms with Gasteiger partial charge >= 0.3 is 12.1 Å². The van der Waals surface area contributed by atoms with Crippen LogP contribution in [0.5, 0.6) is 0 Å². The van der Waals surface area contributed by atoms with E-state index in [-0.39, 0.29) is 5.92 Å². The molecule has 1 aliphatic carbocycles. The molecule has 2 atom stereocenters. The summed E-state index contributed by atoms with van der Waals surface area (Å²) in [6, 6.07) is 7.63. The maximum Gasteiger partial charge on any atom is 0.408 e. The van der Waals surface area contributed by atoms with Crippen molar-refractivity contribution in [2.75, 3.05) is 7.11 Å². The Bertz CT molecular complexity index is 596. The molecule has 6 heteroatoms. The number of rotatable bonds is 3. The largest absolute Gasteiger partial charge is 0.467 e. The molecule has 0 bridgehead atoms. The van der Waals surface area contributed by atoms with Gasteiger partial charge in [-0.2, -0.15) is 0 Å². The summed E-state index contributed by atoms with van der Waals surface area (Å²) in [6.07, 6.45) is -0.130. The molecule has 0 unspecified atom stereocenters. The molecule has 5 nitrogen and oxygen atoms in total. The standard InChI is InChI=1S/C16H20BrNO4/c1-15(2,3)22-14(20)18-16(13(19)21-4)9-11(16)10-7-5-6-8-12(10)17/h5-8,11H,9H2,1-4H3,(H,18,20)/t11-,16+/m0/s1. The van der Waals surface area contributed by atoms with Crippen LogP contribution in [0.2, 0.25) is 0 Å². The van der Waals surface area contributed by atoms with Crippen molar-refractivity contribution in [2.24, 2.45) is 0 Å². The molecule has 0 aliphatic heterocycles. The second-order valence-electron chi connectivity index (χ2n) is 6.37. The number of benzene rings is 1. The Kier molecular flexibility index (Phi) is 4.52. The summed E-state index contributed by atoms with van der Waals surface area (Å²) in [6.45, 7) is 5.32.